The van der Waals surface area contributed by atoms with E-state index in [0.29, 0.717) is 35.3 Å². The van der Waals surface area contributed by atoms with E-state index in [1.807, 2.05) is 0 Å². The van der Waals surface area contributed by atoms with E-state index in [1.165, 1.54) is 24.7 Å². The Morgan fingerprint density at radius 3 is 3.00 bits per heavy atom. The van der Waals surface area contributed by atoms with E-state index in [4.69, 9.17) is 4.74 Å². The predicted molar refractivity (Wildman–Crippen MR) is 87.3 cm³/mol. The standard InChI is InChI=1S/C17H16FN5O2/c1-25-13-6-15(16-20-9-21-22-16)23(8-13)17(24)11-4-10-5-12(18)2-3-14(10)19-7-11/h2-5,7,9,13,15H,6,8H2,1H3,(H,20,21,22)/t13-,15+/m1/s1. The average molecular weight is 341 g/mol. The Hall–Kier alpha value is -2.87. The highest BCUT2D eigenvalue weighted by Gasteiger charge is 2.38. The van der Waals surface area contributed by atoms with Crippen LogP contribution < -0.4 is 0 Å². The van der Waals surface area contributed by atoms with Gasteiger partial charge in [-0.15, -0.1) is 0 Å². The number of pyridine rings is 1. The zero-order chi connectivity index (χ0) is 17.4. The van der Waals surface area contributed by atoms with Gasteiger partial charge >= 0.3 is 0 Å². The van der Waals surface area contributed by atoms with Crippen LogP contribution in [0.15, 0.2) is 36.8 Å². The van der Waals surface area contributed by atoms with Gasteiger partial charge in [-0.05, 0) is 24.3 Å². The van der Waals surface area contributed by atoms with Crippen molar-refractivity contribution in [3.05, 3.63) is 54.0 Å². The molecule has 1 N–H and O–H groups in total. The lowest BCUT2D eigenvalue weighted by Crippen LogP contribution is -2.32. The van der Waals surface area contributed by atoms with Gasteiger partial charge in [-0.25, -0.2) is 9.37 Å². The van der Waals surface area contributed by atoms with E-state index in [1.54, 1.807) is 24.1 Å². The van der Waals surface area contributed by atoms with E-state index in [-0.39, 0.29) is 23.9 Å². The lowest BCUT2D eigenvalue weighted by atomic mass is 10.1. The number of ether oxygens (including phenoxy) is 1. The molecule has 1 saturated heterocycles. The lowest BCUT2D eigenvalue weighted by Gasteiger charge is -2.22. The number of nitrogens with one attached hydrogen (secondary N) is 1. The molecule has 1 fully saturated rings. The quantitative estimate of drug-likeness (QED) is 0.789. The molecule has 128 valence electrons. The number of rotatable bonds is 3. The number of methoxy groups -OCH3 is 1. The second-order valence-electron chi connectivity index (χ2n) is 6.00. The molecule has 1 aromatic carbocycles. The fraction of sp³-hybridized carbons (Fsp3) is 0.294. The number of amides is 1. The summed E-state index contributed by atoms with van der Waals surface area (Å²) in [6.45, 7) is 0.446. The van der Waals surface area contributed by atoms with Gasteiger partial charge in [0.1, 0.15) is 18.0 Å². The number of hydrogen-bond acceptors (Lipinski definition) is 5. The van der Waals surface area contributed by atoms with Crippen molar-refractivity contribution in [3.63, 3.8) is 0 Å². The maximum Gasteiger partial charge on any atom is 0.256 e. The molecular formula is C17H16FN5O2. The van der Waals surface area contributed by atoms with Crippen LogP contribution in [0.1, 0.15) is 28.6 Å². The van der Waals surface area contributed by atoms with Gasteiger partial charge in [0.05, 0.1) is 23.2 Å². The molecule has 0 saturated carbocycles. The summed E-state index contributed by atoms with van der Waals surface area (Å²) in [6.07, 6.45) is 3.48. The fourth-order valence-corrected chi connectivity index (χ4v) is 3.21. The number of carbonyl (C=O) groups is 1. The summed E-state index contributed by atoms with van der Waals surface area (Å²) in [5.74, 6) is 0.0614. The third kappa shape index (κ3) is 2.85. The van der Waals surface area contributed by atoms with Crippen LogP contribution in [0.25, 0.3) is 10.9 Å². The van der Waals surface area contributed by atoms with E-state index in [0.717, 1.165) is 0 Å². The highest BCUT2D eigenvalue weighted by molar-refractivity contribution is 5.97. The average Bonchev–Trinajstić information content (AvgIpc) is 3.29. The first-order chi connectivity index (χ1) is 12.2. The first-order valence-electron chi connectivity index (χ1n) is 7.90. The van der Waals surface area contributed by atoms with Crippen LogP contribution in [0.4, 0.5) is 4.39 Å². The minimum atomic E-state index is -0.362. The third-order valence-corrected chi connectivity index (χ3v) is 4.50. The van der Waals surface area contributed by atoms with E-state index < -0.39 is 0 Å². The summed E-state index contributed by atoms with van der Waals surface area (Å²) in [5.41, 5.74) is 1.04. The molecule has 0 radical (unpaired) electrons. The summed E-state index contributed by atoms with van der Waals surface area (Å²) in [6, 6.07) is 5.72. The van der Waals surface area contributed by atoms with Crippen LogP contribution in [0.5, 0.6) is 0 Å². The molecule has 1 aliphatic heterocycles. The van der Waals surface area contributed by atoms with Gasteiger partial charge in [-0.1, -0.05) is 0 Å². The first-order valence-corrected chi connectivity index (χ1v) is 7.90. The number of nitrogens with zero attached hydrogens (tertiary/aromatic N) is 4. The molecule has 4 rings (SSSR count). The number of aromatic nitrogens is 4. The monoisotopic (exact) mass is 341 g/mol. The minimum Gasteiger partial charge on any atom is -0.380 e. The van der Waals surface area contributed by atoms with Crippen molar-refractivity contribution < 1.29 is 13.9 Å². The number of carbonyl (C=O) groups excluding carboxylic acids is 1. The Balaban J connectivity index is 1.68. The zero-order valence-electron chi connectivity index (χ0n) is 13.5. The summed E-state index contributed by atoms with van der Waals surface area (Å²) in [5, 5.41) is 7.27. The second-order valence-corrected chi connectivity index (χ2v) is 6.00. The molecule has 1 amide bonds. The maximum atomic E-state index is 13.5. The molecular weight excluding hydrogens is 325 g/mol. The molecule has 0 unspecified atom stereocenters. The minimum absolute atomic E-state index is 0.0788. The largest absolute Gasteiger partial charge is 0.380 e. The highest BCUT2D eigenvalue weighted by atomic mass is 19.1. The molecule has 2 atom stereocenters. The first kappa shape index (κ1) is 15.6. The van der Waals surface area contributed by atoms with Crippen LogP contribution in [0.2, 0.25) is 0 Å². The van der Waals surface area contributed by atoms with Gasteiger partial charge in [0.2, 0.25) is 0 Å². The second kappa shape index (κ2) is 6.21. The molecule has 1 aliphatic rings. The molecule has 25 heavy (non-hydrogen) atoms. The molecule has 2 aromatic heterocycles. The summed E-state index contributed by atoms with van der Waals surface area (Å²) < 4.78 is 18.9. The van der Waals surface area contributed by atoms with Crippen molar-refractivity contribution in [3.8, 4) is 0 Å². The summed E-state index contributed by atoms with van der Waals surface area (Å²) in [7, 11) is 1.62. The number of fused-ring (bicyclic) bond motifs is 1. The normalized spacial score (nSPS) is 20.3. The molecule has 3 heterocycles. The number of hydrogen-bond donors (Lipinski definition) is 1. The number of likely N-dealkylation sites (tertiary alicyclic amines) is 1. The topological polar surface area (TPSA) is 84.0 Å². The SMILES string of the molecule is CO[C@@H]1C[C@@H](c2ncn[nH]2)N(C(=O)c2cnc3ccc(F)cc3c2)C1. The molecule has 0 spiro atoms. The van der Waals surface area contributed by atoms with Crippen molar-refractivity contribution in [2.24, 2.45) is 0 Å². The van der Waals surface area contributed by atoms with Crippen LogP contribution >= 0.6 is 0 Å². The Kier molecular flexibility index (Phi) is 3.89. The van der Waals surface area contributed by atoms with Gasteiger partial charge in [0, 0.05) is 31.7 Å². The maximum absolute atomic E-state index is 13.5. The highest BCUT2D eigenvalue weighted by Crippen LogP contribution is 2.32. The third-order valence-electron chi connectivity index (χ3n) is 4.50. The van der Waals surface area contributed by atoms with Crippen LogP contribution in [0.3, 0.4) is 0 Å². The molecule has 0 aliphatic carbocycles. The molecule has 7 nitrogen and oxygen atoms in total. The van der Waals surface area contributed by atoms with E-state index in [2.05, 4.69) is 20.2 Å². The molecule has 3 aromatic rings. The Morgan fingerprint density at radius 2 is 2.24 bits per heavy atom. The van der Waals surface area contributed by atoms with Crippen molar-refractivity contribution in [1.29, 1.82) is 0 Å². The van der Waals surface area contributed by atoms with Crippen molar-refractivity contribution in [2.75, 3.05) is 13.7 Å². The van der Waals surface area contributed by atoms with Gasteiger partial charge < -0.3 is 9.64 Å². The van der Waals surface area contributed by atoms with Gasteiger partial charge in [0.15, 0.2) is 0 Å². The number of benzene rings is 1. The zero-order valence-corrected chi connectivity index (χ0v) is 13.5. The molecule has 8 heteroatoms. The Labute approximate surface area is 142 Å². The fourth-order valence-electron chi connectivity index (χ4n) is 3.21. The summed E-state index contributed by atoms with van der Waals surface area (Å²) in [4.78, 5) is 23.1. The number of aromatic amines is 1. The Bertz CT molecular complexity index is 915. The number of H-pyrrole nitrogens is 1. The van der Waals surface area contributed by atoms with E-state index >= 15 is 0 Å². The lowest BCUT2D eigenvalue weighted by molar-refractivity contribution is 0.0684. The van der Waals surface area contributed by atoms with Crippen molar-refractivity contribution >= 4 is 16.8 Å². The summed E-state index contributed by atoms with van der Waals surface area (Å²) >= 11 is 0. The smallest absolute Gasteiger partial charge is 0.256 e. The van der Waals surface area contributed by atoms with Crippen LogP contribution in [0, 0.1) is 5.82 Å². The van der Waals surface area contributed by atoms with Gasteiger partial charge in [0.25, 0.3) is 5.91 Å². The van der Waals surface area contributed by atoms with Gasteiger partial charge in [-0.2, -0.15) is 5.10 Å². The van der Waals surface area contributed by atoms with E-state index in [9.17, 15) is 9.18 Å². The Morgan fingerprint density at radius 1 is 1.36 bits per heavy atom. The van der Waals surface area contributed by atoms with Crippen LogP contribution in [-0.2, 0) is 4.74 Å². The van der Waals surface area contributed by atoms with Crippen molar-refractivity contribution in [2.45, 2.75) is 18.6 Å². The predicted octanol–water partition coefficient (Wildman–Crippen LogP) is 2.09. The van der Waals surface area contributed by atoms with Crippen molar-refractivity contribution in [1.82, 2.24) is 25.1 Å². The number of halogens is 1. The van der Waals surface area contributed by atoms with Gasteiger partial charge in [-0.3, -0.25) is 14.9 Å². The molecule has 0 bridgehead atoms. The van der Waals surface area contributed by atoms with Crippen LogP contribution in [-0.4, -0.2) is 50.7 Å².